The van der Waals surface area contributed by atoms with Gasteiger partial charge in [-0.15, -0.1) is 11.3 Å². The number of amides is 1. The van der Waals surface area contributed by atoms with Gasteiger partial charge in [-0.2, -0.15) is 5.10 Å². The van der Waals surface area contributed by atoms with Gasteiger partial charge in [-0.1, -0.05) is 26.8 Å². The zero-order valence-corrected chi connectivity index (χ0v) is 20.2. The van der Waals surface area contributed by atoms with E-state index in [0.29, 0.717) is 12.2 Å². The highest BCUT2D eigenvalue weighted by molar-refractivity contribution is 7.13. The minimum absolute atomic E-state index is 0.0201. The van der Waals surface area contributed by atoms with E-state index in [-0.39, 0.29) is 11.3 Å². The molecule has 0 fully saturated rings. The molecule has 0 atom stereocenters. The van der Waals surface area contributed by atoms with Crippen LogP contribution in [0.3, 0.4) is 0 Å². The van der Waals surface area contributed by atoms with Gasteiger partial charge in [0.05, 0.1) is 19.0 Å². The Labute approximate surface area is 197 Å². The second-order valence-electron chi connectivity index (χ2n) is 9.61. The predicted molar refractivity (Wildman–Crippen MR) is 133 cm³/mol. The molecule has 7 heteroatoms. The first-order valence-corrected chi connectivity index (χ1v) is 12.0. The van der Waals surface area contributed by atoms with Gasteiger partial charge >= 0.3 is 0 Å². The fraction of sp³-hybridized carbons (Fsp3) is 0.308. The lowest BCUT2D eigenvalue weighted by molar-refractivity contribution is 0.0930. The molecule has 33 heavy (non-hydrogen) atoms. The van der Waals surface area contributed by atoms with Gasteiger partial charge < -0.3 is 14.6 Å². The largest absolute Gasteiger partial charge is 0.496 e. The Morgan fingerprint density at radius 2 is 2.09 bits per heavy atom. The average molecular weight is 461 g/mol. The lowest BCUT2D eigenvalue weighted by Gasteiger charge is -2.24. The second kappa shape index (κ2) is 8.23. The molecular formula is C26H28N4O2S. The Kier molecular flexibility index (Phi) is 5.37. The third-order valence-corrected chi connectivity index (χ3v) is 6.89. The number of aryl methyl sites for hydroxylation is 1. The summed E-state index contributed by atoms with van der Waals surface area (Å²) < 4.78 is 7.90. The van der Waals surface area contributed by atoms with E-state index < -0.39 is 0 Å². The third-order valence-electron chi connectivity index (χ3n) is 5.99. The quantitative estimate of drug-likeness (QED) is 0.406. The molecule has 5 rings (SSSR count). The van der Waals surface area contributed by atoms with Crippen LogP contribution in [0.2, 0.25) is 0 Å². The second-order valence-corrected chi connectivity index (χ2v) is 10.6. The number of ether oxygens (including phenoxy) is 1. The van der Waals surface area contributed by atoms with Crippen molar-refractivity contribution in [2.45, 2.75) is 33.7 Å². The molecule has 0 aliphatic carbocycles. The van der Waals surface area contributed by atoms with Gasteiger partial charge in [0.15, 0.2) is 0 Å². The fourth-order valence-corrected chi connectivity index (χ4v) is 5.13. The van der Waals surface area contributed by atoms with Crippen LogP contribution >= 0.6 is 11.3 Å². The summed E-state index contributed by atoms with van der Waals surface area (Å²) in [5, 5.41) is 12.2. The van der Waals surface area contributed by atoms with Crippen LogP contribution in [-0.4, -0.2) is 34.3 Å². The number of nitrogens with one attached hydrogen (secondary N) is 2. The van der Waals surface area contributed by atoms with Crippen molar-refractivity contribution in [2.24, 2.45) is 5.41 Å². The number of carbonyl (C=O) groups excluding carboxylic acids is 1. The van der Waals surface area contributed by atoms with Crippen LogP contribution in [0, 0.1) is 5.41 Å². The maximum atomic E-state index is 13.3. The maximum absolute atomic E-state index is 13.3. The molecule has 0 spiro atoms. The van der Waals surface area contributed by atoms with Crippen LogP contribution in [0.5, 0.6) is 5.75 Å². The van der Waals surface area contributed by atoms with E-state index >= 15 is 0 Å². The molecule has 2 N–H and O–H groups in total. The summed E-state index contributed by atoms with van der Waals surface area (Å²) in [4.78, 5) is 14.4. The number of rotatable bonds is 5. The van der Waals surface area contributed by atoms with Crippen molar-refractivity contribution < 1.29 is 9.53 Å². The Hall–Kier alpha value is -3.32. The molecule has 1 amide bonds. The summed E-state index contributed by atoms with van der Waals surface area (Å²) in [6, 6.07) is 10.5. The predicted octanol–water partition coefficient (Wildman–Crippen LogP) is 5.61. The average Bonchev–Trinajstić information content (AvgIpc) is 3.56. The molecule has 4 heterocycles. The molecule has 1 aliphatic rings. The summed E-state index contributed by atoms with van der Waals surface area (Å²) in [6.07, 6.45) is 4.51. The Bertz CT molecular complexity index is 1300. The van der Waals surface area contributed by atoms with Crippen molar-refractivity contribution in [3.63, 3.8) is 0 Å². The Morgan fingerprint density at radius 3 is 2.76 bits per heavy atom. The van der Waals surface area contributed by atoms with Crippen molar-refractivity contribution in [2.75, 3.05) is 13.7 Å². The summed E-state index contributed by atoms with van der Waals surface area (Å²) in [5.41, 5.74) is 7.23. The zero-order chi connectivity index (χ0) is 23.2. The molecule has 3 aromatic heterocycles. The molecule has 1 aromatic carbocycles. The SMILES string of the molecule is COc1cc2c(cc1-c1cn[nH]c1)-c1c(-c3cccs3)cc(C(=O)NCC(C)(C)C)n1CC2. The van der Waals surface area contributed by atoms with Crippen molar-refractivity contribution in [1.82, 2.24) is 20.1 Å². The molecule has 1 aliphatic heterocycles. The molecule has 0 unspecified atom stereocenters. The molecule has 170 valence electrons. The first-order chi connectivity index (χ1) is 15.9. The highest BCUT2D eigenvalue weighted by Gasteiger charge is 2.28. The number of H-pyrrole nitrogens is 1. The minimum atomic E-state index is -0.0269. The summed E-state index contributed by atoms with van der Waals surface area (Å²) in [5.74, 6) is 0.803. The molecule has 0 saturated carbocycles. The number of methoxy groups -OCH3 is 1. The van der Waals surface area contributed by atoms with Crippen molar-refractivity contribution in [3.05, 3.63) is 59.4 Å². The number of hydrogen-bond acceptors (Lipinski definition) is 4. The molecular weight excluding hydrogens is 432 g/mol. The van der Waals surface area contributed by atoms with E-state index in [9.17, 15) is 4.79 Å². The normalized spacial score (nSPS) is 12.8. The number of aromatic nitrogens is 3. The topological polar surface area (TPSA) is 71.9 Å². The number of fused-ring (bicyclic) bond motifs is 3. The van der Waals surface area contributed by atoms with Crippen LogP contribution in [0.1, 0.15) is 36.8 Å². The van der Waals surface area contributed by atoms with Crippen LogP contribution in [-0.2, 0) is 13.0 Å². The maximum Gasteiger partial charge on any atom is 0.267 e. The smallest absolute Gasteiger partial charge is 0.267 e. The van der Waals surface area contributed by atoms with Gasteiger partial charge in [-0.05, 0) is 47.0 Å². The number of aromatic amines is 1. The Morgan fingerprint density at radius 1 is 1.24 bits per heavy atom. The van der Waals surface area contributed by atoms with Crippen LogP contribution in [0.25, 0.3) is 32.8 Å². The lowest BCUT2D eigenvalue weighted by Crippen LogP contribution is -2.33. The van der Waals surface area contributed by atoms with Crippen LogP contribution in [0.4, 0.5) is 0 Å². The molecule has 0 saturated heterocycles. The first-order valence-electron chi connectivity index (χ1n) is 11.1. The van der Waals surface area contributed by atoms with Gasteiger partial charge in [-0.3, -0.25) is 9.89 Å². The van der Waals surface area contributed by atoms with Crippen molar-refractivity contribution >= 4 is 17.2 Å². The van der Waals surface area contributed by atoms with Gasteiger partial charge in [0.2, 0.25) is 0 Å². The number of nitrogens with zero attached hydrogens (tertiary/aromatic N) is 2. The van der Waals surface area contributed by atoms with Gasteiger partial charge in [0.1, 0.15) is 11.4 Å². The summed E-state index contributed by atoms with van der Waals surface area (Å²) in [7, 11) is 1.70. The molecule has 6 nitrogen and oxygen atoms in total. The zero-order valence-electron chi connectivity index (χ0n) is 19.4. The van der Waals surface area contributed by atoms with E-state index in [0.717, 1.165) is 51.5 Å². The van der Waals surface area contributed by atoms with Gasteiger partial charge in [-0.25, -0.2) is 0 Å². The van der Waals surface area contributed by atoms with Crippen molar-refractivity contribution in [1.29, 1.82) is 0 Å². The summed E-state index contributed by atoms with van der Waals surface area (Å²) >= 11 is 1.69. The summed E-state index contributed by atoms with van der Waals surface area (Å²) in [6.45, 7) is 7.75. The molecule has 0 bridgehead atoms. The highest BCUT2D eigenvalue weighted by Crippen LogP contribution is 2.45. The third kappa shape index (κ3) is 3.97. The highest BCUT2D eigenvalue weighted by atomic mass is 32.1. The number of carbonyl (C=O) groups is 1. The van der Waals surface area contributed by atoms with Crippen LogP contribution < -0.4 is 10.1 Å². The van der Waals surface area contributed by atoms with Crippen LogP contribution in [0.15, 0.2) is 48.1 Å². The number of benzene rings is 1. The standard InChI is InChI=1S/C26H28N4O2S/c1-26(2,3)15-27-25(31)21-12-20(23-6-5-9-33-23)24-19-11-18(17-13-28-29-14-17)22(32-4)10-16(19)7-8-30(21)24/h5-6,9-14H,7-8,15H2,1-4H3,(H,27,31)(H,28,29). The van der Waals surface area contributed by atoms with E-state index in [1.165, 1.54) is 5.56 Å². The Balaban J connectivity index is 1.68. The van der Waals surface area contributed by atoms with E-state index in [2.05, 4.69) is 76.6 Å². The minimum Gasteiger partial charge on any atom is -0.496 e. The number of hydrogen-bond donors (Lipinski definition) is 2. The van der Waals surface area contributed by atoms with Gasteiger partial charge in [0.25, 0.3) is 5.91 Å². The molecule has 4 aromatic rings. The number of thiophene rings is 1. The monoisotopic (exact) mass is 460 g/mol. The van der Waals surface area contributed by atoms with Gasteiger partial charge in [0, 0.05) is 46.4 Å². The first kappa shape index (κ1) is 21.5. The van der Waals surface area contributed by atoms with Crippen molar-refractivity contribution in [3.8, 4) is 38.6 Å². The molecule has 0 radical (unpaired) electrons. The van der Waals surface area contributed by atoms with E-state index in [1.807, 2.05) is 6.20 Å². The lowest BCUT2D eigenvalue weighted by atomic mass is 9.92. The van der Waals surface area contributed by atoms with E-state index in [4.69, 9.17) is 4.74 Å². The fourth-order valence-electron chi connectivity index (χ4n) is 4.39. The van der Waals surface area contributed by atoms with E-state index in [1.54, 1.807) is 24.6 Å².